The summed E-state index contributed by atoms with van der Waals surface area (Å²) < 4.78 is 11.8. The van der Waals surface area contributed by atoms with E-state index < -0.39 is 24.1 Å². The van der Waals surface area contributed by atoms with Gasteiger partial charge in [0.05, 0.1) is 27.7 Å². The highest BCUT2D eigenvalue weighted by Crippen LogP contribution is 2.44. The molecule has 2 amide bonds. The van der Waals surface area contributed by atoms with Crippen LogP contribution in [0.5, 0.6) is 0 Å². The number of fused-ring (bicyclic) bond motifs is 3. The number of nitrogens with zero attached hydrogens (tertiary/aromatic N) is 2. The third kappa shape index (κ3) is 5.85. The molecule has 2 atom stereocenters. The number of aliphatic carboxylic acids is 1. The number of ether oxygens (including phenoxy) is 2. The Balaban J connectivity index is 1.34. The zero-order chi connectivity index (χ0) is 25.9. The lowest BCUT2D eigenvalue weighted by Crippen LogP contribution is -2.43. The second kappa shape index (κ2) is 10.7. The maximum atomic E-state index is 13.0. The molecule has 192 valence electrons. The van der Waals surface area contributed by atoms with Gasteiger partial charge in [0.25, 0.3) is 0 Å². The molecule has 1 heterocycles. The predicted octanol–water partition coefficient (Wildman–Crippen LogP) is 2.30. The van der Waals surface area contributed by atoms with Gasteiger partial charge in [-0.15, -0.1) is 0 Å². The predicted molar refractivity (Wildman–Crippen MR) is 133 cm³/mol. The molecule has 2 aliphatic rings. The molecule has 9 heteroatoms. The van der Waals surface area contributed by atoms with Crippen LogP contribution in [0.25, 0.3) is 11.1 Å². The first kappa shape index (κ1) is 25.7. The summed E-state index contributed by atoms with van der Waals surface area (Å²) in [4.78, 5) is 38.3. The third-order valence-corrected chi connectivity index (χ3v) is 6.66. The molecule has 2 aromatic rings. The maximum absolute atomic E-state index is 13.0. The molecular weight excluding hydrogens is 462 g/mol. The molecule has 0 spiro atoms. The van der Waals surface area contributed by atoms with Crippen LogP contribution in [0.3, 0.4) is 0 Å². The van der Waals surface area contributed by atoms with Crippen LogP contribution in [0.2, 0.25) is 0 Å². The number of carbonyl (C=O) groups excluding carboxylic acids is 2. The van der Waals surface area contributed by atoms with E-state index in [9.17, 15) is 19.5 Å². The Kier molecular flexibility index (Phi) is 7.61. The fourth-order valence-corrected chi connectivity index (χ4v) is 4.83. The number of likely N-dealkylation sites (N-methyl/N-ethyl adjacent to an activating group) is 1. The van der Waals surface area contributed by atoms with Crippen LogP contribution < -0.4 is 5.32 Å². The molecule has 0 unspecified atom stereocenters. The molecular formula is C27H34N3O6+. The summed E-state index contributed by atoms with van der Waals surface area (Å²) in [6.07, 6.45) is -0.579. The zero-order valence-corrected chi connectivity index (χ0v) is 21.0. The molecule has 4 rings (SSSR count). The topological polar surface area (TPSA) is 105 Å². The molecule has 0 saturated carbocycles. The number of benzene rings is 2. The number of likely N-dealkylation sites (tertiary alicyclic amines) is 1. The van der Waals surface area contributed by atoms with E-state index in [0.717, 1.165) is 33.3 Å². The zero-order valence-electron chi connectivity index (χ0n) is 21.0. The average molecular weight is 497 g/mol. The highest BCUT2D eigenvalue weighted by molar-refractivity contribution is 5.83. The molecule has 0 aromatic heterocycles. The number of nitrogens with one attached hydrogen (secondary N) is 1. The minimum atomic E-state index is -1.13. The number of rotatable bonds is 9. The Hall–Kier alpha value is -3.43. The minimum Gasteiger partial charge on any atom is -0.480 e. The van der Waals surface area contributed by atoms with Crippen LogP contribution in [-0.2, 0) is 19.1 Å². The summed E-state index contributed by atoms with van der Waals surface area (Å²) in [6, 6.07) is 14.5. The summed E-state index contributed by atoms with van der Waals surface area (Å²) in [5, 5.41) is 12.5. The number of carbonyl (C=O) groups is 3. The number of carboxylic acid groups (broad SMARTS) is 1. The Morgan fingerprint density at radius 1 is 1.03 bits per heavy atom. The van der Waals surface area contributed by atoms with Crippen LogP contribution >= 0.6 is 0 Å². The summed E-state index contributed by atoms with van der Waals surface area (Å²) in [6.45, 7) is 1.25. The van der Waals surface area contributed by atoms with E-state index in [1.807, 2.05) is 57.5 Å². The largest absolute Gasteiger partial charge is 0.480 e. The van der Waals surface area contributed by atoms with Gasteiger partial charge in [-0.05, 0) is 22.3 Å². The molecule has 1 fully saturated rings. The van der Waals surface area contributed by atoms with Crippen molar-refractivity contribution in [3.05, 3.63) is 59.7 Å². The van der Waals surface area contributed by atoms with Crippen molar-refractivity contribution in [3.63, 3.8) is 0 Å². The number of quaternary nitrogens is 1. The van der Waals surface area contributed by atoms with E-state index in [1.54, 1.807) is 0 Å². The molecule has 1 aliphatic heterocycles. The fraction of sp³-hybridized carbons (Fsp3) is 0.444. The lowest BCUT2D eigenvalue weighted by atomic mass is 9.98. The summed E-state index contributed by atoms with van der Waals surface area (Å²) in [5.74, 6) is -1.58. The molecule has 36 heavy (non-hydrogen) atoms. The first-order valence-electron chi connectivity index (χ1n) is 12.2. The van der Waals surface area contributed by atoms with Gasteiger partial charge in [0.2, 0.25) is 5.91 Å². The quantitative estimate of drug-likeness (QED) is 0.408. The first-order chi connectivity index (χ1) is 17.1. The first-order valence-corrected chi connectivity index (χ1v) is 12.2. The van der Waals surface area contributed by atoms with Crippen molar-refractivity contribution >= 4 is 18.0 Å². The lowest BCUT2D eigenvalue weighted by molar-refractivity contribution is -0.870. The number of hydrogen-bond acceptors (Lipinski definition) is 5. The van der Waals surface area contributed by atoms with E-state index in [0.29, 0.717) is 6.61 Å². The van der Waals surface area contributed by atoms with Crippen LogP contribution in [0.15, 0.2) is 48.5 Å². The van der Waals surface area contributed by atoms with E-state index in [4.69, 9.17) is 9.47 Å². The van der Waals surface area contributed by atoms with Crippen molar-refractivity contribution < 1.29 is 33.4 Å². The van der Waals surface area contributed by atoms with Gasteiger partial charge in [0.1, 0.15) is 25.8 Å². The third-order valence-electron chi connectivity index (χ3n) is 6.66. The summed E-state index contributed by atoms with van der Waals surface area (Å²) in [5.41, 5.74) is 4.39. The van der Waals surface area contributed by atoms with E-state index >= 15 is 0 Å². The second-order valence-electron chi connectivity index (χ2n) is 10.4. The molecule has 0 radical (unpaired) electrons. The number of carboxylic acids is 1. The number of amides is 2. The maximum Gasteiger partial charge on any atom is 0.410 e. The highest BCUT2D eigenvalue weighted by Gasteiger charge is 2.41. The smallest absolute Gasteiger partial charge is 0.410 e. The monoisotopic (exact) mass is 496 g/mol. The van der Waals surface area contributed by atoms with Crippen LogP contribution in [-0.4, -0.2) is 98.6 Å². The molecule has 2 N–H and O–H groups in total. The summed E-state index contributed by atoms with van der Waals surface area (Å²) >= 11 is 0. The van der Waals surface area contributed by atoms with Crippen molar-refractivity contribution in [1.82, 2.24) is 10.2 Å². The molecule has 2 aromatic carbocycles. The second-order valence-corrected chi connectivity index (χ2v) is 10.4. The van der Waals surface area contributed by atoms with E-state index in [1.165, 1.54) is 4.90 Å². The Morgan fingerprint density at radius 2 is 1.64 bits per heavy atom. The lowest BCUT2D eigenvalue weighted by Gasteiger charge is -2.23. The Labute approximate surface area is 211 Å². The van der Waals surface area contributed by atoms with Gasteiger partial charge in [0, 0.05) is 24.9 Å². The fourth-order valence-electron chi connectivity index (χ4n) is 4.83. The van der Waals surface area contributed by atoms with E-state index in [-0.39, 0.29) is 38.0 Å². The van der Waals surface area contributed by atoms with Gasteiger partial charge in [0.15, 0.2) is 0 Å². The summed E-state index contributed by atoms with van der Waals surface area (Å²) in [7, 11) is 6.10. The molecule has 0 bridgehead atoms. The highest BCUT2D eigenvalue weighted by atomic mass is 16.6. The van der Waals surface area contributed by atoms with Crippen LogP contribution in [0.4, 0.5) is 4.79 Å². The minimum absolute atomic E-state index is 0.0677. The standard InChI is InChI=1S/C27H33N3O6/c1-30(2,3)12-13-35-17-25(31)28-18-14-24(26(32)33)29(15-18)27(34)36-16-23-21-10-6-4-8-19(21)20-9-5-7-11-22(20)23/h4-11,18,23-24H,12-17H2,1-3H3,(H-,28,31,32,33)/p+1/t18-,24+/m1/s1. The van der Waals surface area contributed by atoms with Crippen molar-refractivity contribution in [1.29, 1.82) is 0 Å². The van der Waals surface area contributed by atoms with Gasteiger partial charge in [-0.3, -0.25) is 9.69 Å². The van der Waals surface area contributed by atoms with Gasteiger partial charge in [-0.2, -0.15) is 0 Å². The van der Waals surface area contributed by atoms with Crippen molar-refractivity contribution in [2.45, 2.75) is 24.4 Å². The Morgan fingerprint density at radius 3 is 2.22 bits per heavy atom. The van der Waals surface area contributed by atoms with E-state index in [2.05, 4.69) is 17.4 Å². The van der Waals surface area contributed by atoms with Gasteiger partial charge < -0.3 is 24.4 Å². The van der Waals surface area contributed by atoms with Crippen LogP contribution in [0.1, 0.15) is 23.5 Å². The van der Waals surface area contributed by atoms with Crippen molar-refractivity contribution in [2.24, 2.45) is 0 Å². The van der Waals surface area contributed by atoms with Crippen molar-refractivity contribution in [3.8, 4) is 11.1 Å². The number of hydrogen-bond donors (Lipinski definition) is 2. The SMILES string of the molecule is C[N+](C)(C)CCOCC(=O)N[C@@H]1C[C@@H](C(=O)O)N(C(=O)OCC2c3ccccc3-c3ccccc32)C1. The molecule has 9 nitrogen and oxygen atoms in total. The molecule has 1 aliphatic carbocycles. The van der Waals surface area contributed by atoms with Crippen LogP contribution in [0, 0.1) is 0 Å². The van der Waals surface area contributed by atoms with Gasteiger partial charge >= 0.3 is 12.1 Å². The van der Waals surface area contributed by atoms with Crippen molar-refractivity contribution in [2.75, 3.05) is 54.1 Å². The van der Waals surface area contributed by atoms with Gasteiger partial charge in [-0.1, -0.05) is 48.5 Å². The Bertz CT molecular complexity index is 1080. The average Bonchev–Trinajstić information content (AvgIpc) is 3.39. The normalized spacial score (nSPS) is 19.0. The van der Waals surface area contributed by atoms with Gasteiger partial charge in [-0.25, -0.2) is 9.59 Å². The molecule has 1 saturated heterocycles.